The fraction of sp³-hybridized carbons (Fsp3) is 0.500. The Labute approximate surface area is 176 Å². The quantitative estimate of drug-likeness (QED) is 0.342. The highest BCUT2D eigenvalue weighted by Crippen LogP contribution is 2.38. The van der Waals surface area contributed by atoms with E-state index < -0.39 is 81.8 Å². The maximum atomic E-state index is 12.6. The minimum Gasteiger partial charge on any atom is -0.481 e. The van der Waals surface area contributed by atoms with Gasteiger partial charge in [0.1, 0.15) is 0 Å². The molecular formula is C20H22O11. The summed E-state index contributed by atoms with van der Waals surface area (Å²) < 4.78 is 4.71. The van der Waals surface area contributed by atoms with Crippen LogP contribution in [0.3, 0.4) is 0 Å². The normalized spacial score (nSPS) is 26.3. The van der Waals surface area contributed by atoms with E-state index in [0.29, 0.717) is 0 Å². The van der Waals surface area contributed by atoms with E-state index in [1.807, 2.05) is 0 Å². The molecule has 2 aliphatic carbocycles. The standard InChI is InChI=1S/C20H22O11/c1-7-3-5-9(13(17(25)26)11(7)15(21)22)19(29)31-20(30)10-6-4-8(2)12(16(23)24)14(10)18(27)28/h7-8,11-12H,3-6H2,1-2H3,(H,21,22)(H,23,24)(H,25,26)(H,27,28). The largest absolute Gasteiger partial charge is 0.481 e. The molecule has 0 bridgehead atoms. The van der Waals surface area contributed by atoms with Gasteiger partial charge in [0, 0.05) is 11.1 Å². The molecule has 4 unspecified atom stereocenters. The van der Waals surface area contributed by atoms with Gasteiger partial charge in [0.25, 0.3) is 0 Å². The molecular weight excluding hydrogens is 416 g/mol. The lowest BCUT2D eigenvalue weighted by Gasteiger charge is -2.29. The average molecular weight is 438 g/mol. The molecule has 0 aliphatic heterocycles. The zero-order valence-corrected chi connectivity index (χ0v) is 16.8. The SMILES string of the molecule is CC1CCC(C(=O)OC(=O)C2=C(C(=O)O)C(C(=O)O)C(C)CC2)=C(C(=O)O)C1C(=O)O. The molecule has 0 aromatic heterocycles. The summed E-state index contributed by atoms with van der Waals surface area (Å²) in [4.78, 5) is 71.4. The maximum absolute atomic E-state index is 12.6. The summed E-state index contributed by atoms with van der Waals surface area (Å²) in [6, 6.07) is 0. The van der Waals surface area contributed by atoms with E-state index in [1.54, 1.807) is 0 Å². The number of hydrogen-bond donors (Lipinski definition) is 4. The van der Waals surface area contributed by atoms with Gasteiger partial charge in [-0.3, -0.25) is 9.59 Å². The van der Waals surface area contributed by atoms with Gasteiger partial charge in [0.05, 0.1) is 23.0 Å². The monoisotopic (exact) mass is 438 g/mol. The number of carbonyl (C=O) groups excluding carboxylic acids is 2. The van der Waals surface area contributed by atoms with E-state index in [1.165, 1.54) is 13.8 Å². The second kappa shape index (κ2) is 9.11. The van der Waals surface area contributed by atoms with Crippen molar-refractivity contribution in [3.05, 3.63) is 22.3 Å². The predicted molar refractivity (Wildman–Crippen MR) is 99.5 cm³/mol. The third-order valence-electron chi connectivity index (χ3n) is 5.78. The van der Waals surface area contributed by atoms with Crippen molar-refractivity contribution in [2.45, 2.75) is 39.5 Å². The van der Waals surface area contributed by atoms with Crippen molar-refractivity contribution in [2.24, 2.45) is 23.7 Å². The summed E-state index contributed by atoms with van der Waals surface area (Å²) in [6.45, 7) is 3.04. The van der Waals surface area contributed by atoms with Crippen LogP contribution in [0.5, 0.6) is 0 Å². The van der Waals surface area contributed by atoms with E-state index in [2.05, 4.69) is 0 Å². The third kappa shape index (κ3) is 4.65. The molecule has 0 fully saturated rings. The second-order valence-electron chi connectivity index (χ2n) is 7.74. The van der Waals surface area contributed by atoms with Gasteiger partial charge >= 0.3 is 35.8 Å². The number of carboxylic acid groups (broad SMARTS) is 4. The number of esters is 2. The van der Waals surface area contributed by atoms with Gasteiger partial charge in [0.15, 0.2) is 0 Å². The van der Waals surface area contributed by atoms with Crippen LogP contribution in [0, 0.1) is 23.7 Å². The van der Waals surface area contributed by atoms with Crippen molar-refractivity contribution in [2.75, 3.05) is 0 Å². The molecule has 0 spiro atoms. The molecule has 0 saturated carbocycles. The minimum atomic E-state index is -1.64. The van der Waals surface area contributed by atoms with Crippen molar-refractivity contribution < 1.29 is 53.9 Å². The Morgan fingerprint density at radius 1 is 0.677 bits per heavy atom. The van der Waals surface area contributed by atoms with Crippen LogP contribution in [0.2, 0.25) is 0 Å². The molecule has 11 nitrogen and oxygen atoms in total. The summed E-state index contributed by atoms with van der Waals surface area (Å²) in [7, 11) is 0. The number of aliphatic carboxylic acids is 4. The van der Waals surface area contributed by atoms with E-state index in [0.717, 1.165) is 0 Å². The predicted octanol–water partition coefficient (Wildman–Crippen LogP) is 1.08. The van der Waals surface area contributed by atoms with Gasteiger partial charge < -0.3 is 25.2 Å². The van der Waals surface area contributed by atoms with Gasteiger partial charge in [-0.05, 0) is 37.5 Å². The Morgan fingerprint density at radius 2 is 1.00 bits per heavy atom. The van der Waals surface area contributed by atoms with Gasteiger partial charge in [-0.25, -0.2) is 19.2 Å². The molecule has 0 aromatic rings. The Morgan fingerprint density at radius 3 is 1.26 bits per heavy atom. The van der Waals surface area contributed by atoms with Gasteiger partial charge in [-0.1, -0.05) is 13.8 Å². The maximum Gasteiger partial charge on any atom is 0.342 e. The summed E-state index contributed by atoms with van der Waals surface area (Å²) >= 11 is 0. The molecule has 168 valence electrons. The first-order chi connectivity index (χ1) is 14.4. The molecule has 4 atom stereocenters. The lowest BCUT2D eigenvalue weighted by molar-refractivity contribution is -0.155. The van der Waals surface area contributed by atoms with Gasteiger partial charge in [-0.2, -0.15) is 0 Å². The van der Waals surface area contributed by atoms with Crippen molar-refractivity contribution in [3.63, 3.8) is 0 Å². The molecule has 4 N–H and O–H groups in total. The van der Waals surface area contributed by atoms with Crippen LogP contribution in [0.4, 0.5) is 0 Å². The summed E-state index contributed by atoms with van der Waals surface area (Å²) in [5.74, 6) is -13.0. The van der Waals surface area contributed by atoms with Crippen molar-refractivity contribution in [3.8, 4) is 0 Å². The molecule has 0 amide bonds. The first-order valence-electron chi connectivity index (χ1n) is 9.53. The highest BCUT2D eigenvalue weighted by Gasteiger charge is 2.43. The topological polar surface area (TPSA) is 193 Å². The highest BCUT2D eigenvalue weighted by molar-refractivity contribution is 6.10. The van der Waals surface area contributed by atoms with E-state index in [4.69, 9.17) is 4.74 Å². The molecule has 0 radical (unpaired) electrons. The fourth-order valence-electron chi connectivity index (χ4n) is 4.18. The van der Waals surface area contributed by atoms with E-state index >= 15 is 0 Å². The number of carbonyl (C=O) groups is 6. The lowest BCUT2D eigenvalue weighted by Crippen LogP contribution is -2.36. The van der Waals surface area contributed by atoms with Gasteiger partial charge in [-0.15, -0.1) is 0 Å². The summed E-state index contributed by atoms with van der Waals surface area (Å²) in [5.41, 5.74) is -2.33. The van der Waals surface area contributed by atoms with E-state index in [9.17, 15) is 49.2 Å². The molecule has 0 heterocycles. The summed E-state index contributed by atoms with van der Waals surface area (Å²) in [6.07, 6.45) is 0.0404. The molecule has 2 aliphatic rings. The molecule has 11 heteroatoms. The first kappa shape index (κ1) is 23.8. The minimum absolute atomic E-state index is 0.141. The average Bonchev–Trinajstić information content (AvgIpc) is 2.66. The Kier molecular flexibility index (Phi) is 6.98. The Bertz CT molecular complexity index is 849. The van der Waals surface area contributed by atoms with Crippen LogP contribution < -0.4 is 0 Å². The number of hydrogen-bond acceptors (Lipinski definition) is 7. The van der Waals surface area contributed by atoms with Crippen LogP contribution in [0.15, 0.2) is 22.3 Å². The van der Waals surface area contributed by atoms with Crippen LogP contribution in [0.1, 0.15) is 39.5 Å². The fourth-order valence-corrected chi connectivity index (χ4v) is 4.18. The number of rotatable bonds is 6. The smallest absolute Gasteiger partial charge is 0.342 e. The Hall–Kier alpha value is -3.50. The van der Waals surface area contributed by atoms with Crippen molar-refractivity contribution >= 4 is 35.8 Å². The van der Waals surface area contributed by atoms with E-state index in [-0.39, 0.29) is 25.7 Å². The Balaban J connectivity index is 2.45. The van der Waals surface area contributed by atoms with Crippen LogP contribution >= 0.6 is 0 Å². The zero-order chi connectivity index (χ0) is 23.6. The molecule has 2 rings (SSSR count). The zero-order valence-electron chi connectivity index (χ0n) is 16.8. The first-order valence-corrected chi connectivity index (χ1v) is 9.53. The van der Waals surface area contributed by atoms with Gasteiger partial charge in [0.2, 0.25) is 0 Å². The third-order valence-corrected chi connectivity index (χ3v) is 5.78. The summed E-state index contributed by atoms with van der Waals surface area (Å²) in [5, 5.41) is 37.6. The number of ether oxygens (including phenoxy) is 1. The molecule has 0 aromatic carbocycles. The molecule has 0 saturated heterocycles. The molecule has 31 heavy (non-hydrogen) atoms. The van der Waals surface area contributed by atoms with Crippen LogP contribution in [-0.2, 0) is 33.5 Å². The highest BCUT2D eigenvalue weighted by atomic mass is 16.6. The van der Waals surface area contributed by atoms with Crippen LogP contribution in [0.25, 0.3) is 0 Å². The van der Waals surface area contributed by atoms with Crippen molar-refractivity contribution in [1.29, 1.82) is 0 Å². The van der Waals surface area contributed by atoms with Crippen molar-refractivity contribution in [1.82, 2.24) is 0 Å². The number of carboxylic acids is 4. The lowest BCUT2D eigenvalue weighted by atomic mass is 9.75. The second-order valence-corrected chi connectivity index (χ2v) is 7.74. The van der Waals surface area contributed by atoms with Crippen LogP contribution in [-0.4, -0.2) is 56.2 Å².